The zero-order chi connectivity index (χ0) is 12.0. The molecule has 0 saturated heterocycles. The van der Waals surface area contributed by atoms with E-state index in [1.807, 2.05) is 30.3 Å². The van der Waals surface area contributed by atoms with Crippen LogP contribution in [0, 0.1) is 0 Å². The Balaban J connectivity index is 0.00000256. The molecule has 0 heterocycles. The minimum Gasteiger partial charge on any atom is -0.480 e. The van der Waals surface area contributed by atoms with Crippen molar-refractivity contribution in [3.63, 3.8) is 0 Å². The quantitative estimate of drug-likeness (QED) is 0.769. The molecule has 0 spiro atoms. The van der Waals surface area contributed by atoms with Crippen LogP contribution < -0.4 is 5.73 Å². The highest BCUT2D eigenvalue weighted by molar-refractivity contribution is 5.85. The molecule has 1 aromatic carbocycles. The molecular formula is C11H14ClNO4. The smallest absolute Gasteiger partial charge is 0.321 e. The molecule has 17 heavy (non-hydrogen) atoms. The van der Waals surface area contributed by atoms with Crippen molar-refractivity contribution < 1.29 is 19.4 Å². The summed E-state index contributed by atoms with van der Waals surface area (Å²) in [6.45, 7) is 0.131. The summed E-state index contributed by atoms with van der Waals surface area (Å²) in [5.41, 5.74) is 6.03. The Morgan fingerprint density at radius 3 is 2.41 bits per heavy atom. The molecule has 0 fully saturated rings. The molecule has 0 unspecified atom stereocenters. The van der Waals surface area contributed by atoms with Crippen LogP contribution in [0.3, 0.4) is 0 Å². The maximum absolute atomic E-state index is 11.2. The number of rotatable bonds is 5. The van der Waals surface area contributed by atoms with Crippen molar-refractivity contribution in [2.45, 2.75) is 19.1 Å². The van der Waals surface area contributed by atoms with Crippen molar-refractivity contribution in [1.29, 1.82) is 0 Å². The minimum atomic E-state index is -1.21. The molecule has 5 nitrogen and oxygen atoms in total. The molecule has 1 aromatic rings. The van der Waals surface area contributed by atoms with Crippen LogP contribution in [0.15, 0.2) is 30.3 Å². The van der Waals surface area contributed by atoms with Crippen LogP contribution >= 0.6 is 12.4 Å². The summed E-state index contributed by atoms with van der Waals surface area (Å²) in [6.07, 6.45) is -0.317. The molecule has 0 aliphatic rings. The zero-order valence-electron chi connectivity index (χ0n) is 9.04. The van der Waals surface area contributed by atoms with Crippen molar-refractivity contribution in [2.24, 2.45) is 5.73 Å². The third-order valence-corrected chi connectivity index (χ3v) is 1.95. The lowest BCUT2D eigenvalue weighted by Gasteiger charge is -2.07. The van der Waals surface area contributed by atoms with Gasteiger partial charge in [-0.2, -0.15) is 0 Å². The Kier molecular flexibility index (Phi) is 6.93. The number of carbonyl (C=O) groups excluding carboxylic acids is 1. The average molecular weight is 260 g/mol. The standard InChI is InChI=1S/C11H13NO4.ClH/c12-9(11(14)15)6-10(13)16-7-8-4-2-1-3-5-8;/h1-5,9H,6-7,12H2,(H,14,15);1H/t9-;/m0./s1. The third-order valence-electron chi connectivity index (χ3n) is 1.95. The highest BCUT2D eigenvalue weighted by Crippen LogP contribution is 2.02. The van der Waals surface area contributed by atoms with Gasteiger partial charge in [-0.1, -0.05) is 30.3 Å². The fourth-order valence-electron chi connectivity index (χ4n) is 1.06. The van der Waals surface area contributed by atoms with Gasteiger partial charge in [0, 0.05) is 0 Å². The average Bonchev–Trinajstić information content (AvgIpc) is 2.27. The van der Waals surface area contributed by atoms with E-state index < -0.39 is 18.0 Å². The van der Waals surface area contributed by atoms with Crippen molar-refractivity contribution in [3.8, 4) is 0 Å². The third kappa shape index (κ3) is 5.89. The Morgan fingerprint density at radius 2 is 1.88 bits per heavy atom. The number of halogens is 1. The van der Waals surface area contributed by atoms with Crippen molar-refractivity contribution in [1.82, 2.24) is 0 Å². The van der Waals surface area contributed by atoms with Gasteiger partial charge in [0.2, 0.25) is 0 Å². The van der Waals surface area contributed by atoms with Gasteiger partial charge in [-0.3, -0.25) is 9.59 Å². The molecule has 1 rings (SSSR count). The lowest BCUT2D eigenvalue weighted by molar-refractivity contribution is -0.149. The minimum absolute atomic E-state index is 0. The number of hydrogen-bond acceptors (Lipinski definition) is 4. The van der Waals surface area contributed by atoms with E-state index in [1.165, 1.54) is 0 Å². The molecule has 0 saturated carbocycles. The number of hydrogen-bond donors (Lipinski definition) is 2. The molecule has 1 atom stereocenters. The molecule has 0 aliphatic heterocycles. The van der Waals surface area contributed by atoms with Crippen LogP contribution in [0.4, 0.5) is 0 Å². The maximum Gasteiger partial charge on any atom is 0.321 e. The first-order chi connectivity index (χ1) is 7.59. The van der Waals surface area contributed by atoms with E-state index in [9.17, 15) is 9.59 Å². The topological polar surface area (TPSA) is 89.6 Å². The van der Waals surface area contributed by atoms with Crippen molar-refractivity contribution >= 4 is 24.3 Å². The lowest BCUT2D eigenvalue weighted by atomic mass is 10.2. The summed E-state index contributed by atoms with van der Waals surface area (Å²) in [4.78, 5) is 21.5. The Hall–Kier alpha value is -1.59. The van der Waals surface area contributed by atoms with E-state index in [1.54, 1.807) is 0 Å². The monoisotopic (exact) mass is 259 g/mol. The molecule has 0 radical (unpaired) electrons. The lowest BCUT2D eigenvalue weighted by Crippen LogP contribution is -2.33. The second kappa shape index (κ2) is 7.65. The van der Waals surface area contributed by atoms with E-state index in [-0.39, 0.29) is 25.4 Å². The second-order valence-corrected chi connectivity index (χ2v) is 3.30. The highest BCUT2D eigenvalue weighted by Gasteiger charge is 2.17. The Bertz CT molecular complexity index is 369. The van der Waals surface area contributed by atoms with Gasteiger partial charge in [-0.05, 0) is 5.56 Å². The van der Waals surface area contributed by atoms with Crippen LogP contribution in [0.5, 0.6) is 0 Å². The molecule has 0 aromatic heterocycles. The van der Waals surface area contributed by atoms with E-state index in [0.717, 1.165) is 5.56 Å². The van der Waals surface area contributed by atoms with Crippen LogP contribution in [0.25, 0.3) is 0 Å². The summed E-state index contributed by atoms with van der Waals surface area (Å²) >= 11 is 0. The second-order valence-electron chi connectivity index (χ2n) is 3.30. The van der Waals surface area contributed by atoms with Gasteiger partial charge in [0.15, 0.2) is 0 Å². The van der Waals surface area contributed by atoms with Gasteiger partial charge in [0.25, 0.3) is 0 Å². The fourth-order valence-corrected chi connectivity index (χ4v) is 1.06. The van der Waals surface area contributed by atoms with E-state index in [4.69, 9.17) is 15.6 Å². The van der Waals surface area contributed by atoms with Gasteiger partial charge < -0.3 is 15.6 Å². The Labute approximate surface area is 105 Å². The van der Waals surface area contributed by atoms with Crippen LogP contribution in [-0.4, -0.2) is 23.1 Å². The van der Waals surface area contributed by atoms with E-state index in [0.29, 0.717) is 0 Å². The van der Waals surface area contributed by atoms with Gasteiger partial charge in [-0.15, -0.1) is 12.4 Å². The molecule has 94 valence electrons. The van der Waals surface area contributed by atoms with Crippen molar-refractivity contribution in [3.05, 3.63) is 35.9 Å². The van der Waals surface area contributed by atoms with Gasteiger partial charge >= 0.3 is 11.9 Å². The van der Waals surface area contributed by atoms with Crippen LogP contribution in [0.1, 0.15) is 12.0 Å². The molecule has 6 heteroatoms. The number of ether oxygens (including phenoxy) is 1. The predicted octanol–water partition coefficient (Wildman–Crippen LogP) is 0.954. The number of carbonyl (C=O) groups is 2. The summed E-state index contributed by atoms with van der Waals surface area (Å²) in [5.74, 6) is -1.82. The van der Waals surface area contributed by atoms with E-state index >= 15 is 0 Å². The van der Waals surface area contributed by atoms with E-state index in [2.05, 4.69) is 0 Å². The summed E-state index contributed by atoms with van der Waals surface area (Å²) < 4.78 is 4.87. The number of nitrogens with two attached hydrogens (primary N) is 1. The largest absolute Gasteiger partial charge is 0.480 e. The first-order valence-electron chi connectivity index (χ1n) is 4.77. The highest BCUT2D eigenvalue weighted by atomic mass is 35.5. The summed E-state index contributed by atoms with van der Waals surface area (Å²) in [5, 5.41) is 8.48. The molecule has 0 bridgehead atoms. The van der Waals surface area contributed by atoms with Crippen molar-refractivity contribution in [2.75, 3.05) is 0 Å². The zero-order valence-corrected chi connectivity index (χ0v) is 9.85. The summed E-state index contributed by atoms with van der Waals surface area (Å²) in [6, 6.07) is 7.92. The van der Waals surface area contributed by atoms with Gasteiger partial charge in [-0.25, -0.2) is 0 Å². The molecule has 0 amide bonds. The van der Waals surface area contributed by atoms with Crippen LogP contribution in [-0.2, 0) is 20.9 Å². The Morgan fingerprint density at radius 1 is 1.29 bits per heavy atom. The number of aliphatic carboxylic acids is 1. The molecule has 3 N–H and O–H groups in total. The SMILES string of the molecule is Cl.N[C@@H](CC(=O)OCc1ccccc1)C(=O)O. The summed E-state index contributed by atoms with van der Waals surface area (Å²) in [7, 11) is 0. The number of esters is 1. The number of carboxylic acid groups (broad SMARTS) is 1. The number of benzene rings is 1. The van der Waals surface area contributed by atoms with Gasteiger partial charge in [0.05, 0.1) is 6.42 Å². The number of carboxylic acids is 1. The first-order valence-corrected chi connectivity index (χ1v) is 4.77. The normalized spacial score (nSPS) is 11.1. The van der Waals surface area contributed by atoms with Gasteiger partial charge in [0.1, 0.15) is 12.6 Å². The predicted molar refractivity (Wildman–Crippen MR) is 63.7 cm³/mol. The fraction of sp³-hybridized carbons (Fsp3) is 0.273. The van der Waals surface area contributed by atoms with Crippen LogP contribution in [0.2, 0.25) is 0 Å². The first kappa shape index (κ1) is 15.4. The maximum atomic E-state index is 11.2. The molecule has 0 aliphatic carbocycles. The molecular weight excluding hydrogens is 246 g/mol.